The number of furan rings is 1. The lowest BCUT2D eigenvalue weighted by molar-refractivity contribution is 0.493. The van der Waals surface area contributed by atoms with Crippen molar-refractivity contribution < 1.29 is 4.42 Å². The summed E-state index contributed by atoms with van der Waals surface area (Å²) < 4.78 is 5.55. The van der Waals surface area contributed by atoms with Crippen LogP contribution in [0.25, 0.3) is 0 Å². The summed E-state index contributed by atoms with van der Waals surface area (Å²) in [7, 11) is 0. The second-order valence-electron chi connectivity index (χ2n) is 4.73. The van der Waals surface area contributed by atoms with E-state index in [2.05, 4.69) is 29.2 Å². The van der Waals surface area contributed by atoms with Gasteiger partial charge >= 0.3 is 0 Å². The average molecular weight is 242 g/mol. The molecule has 3 rings (SSSR count). The highest BCUT2D eigenvalue weighted by Gasteiger charge is 2.18. The van der Waals surface area contributed by atoms with E-state index in [-0.39, 0.29) is 0 Å². The summed E-state index contributed by atoms with van der Waals surface area (Å²) in [6.45, 7) is 2.44. The van der Waals surface area contributed by atoms with Crippen LogP contribution in [-0.2, 0) is 19.5 Å². The van der Waals surface area contributed by atoms with Crippen molar-refractivity contribution in [1.82, 2.24) is 0 Å². The third-order valence-corrected chi connectivity index (χ3v) is 3.60. The molecule has 1 aliphatic heterocycles. The van der Waals surface area contributed by atoms with Crippen LogP contribution in [0.5, 0.6) is 0 Å². The molecule has 1 aliphatic rings. The molecule has 0 bridgehead atoms. The summed E-state index contributed by atoms with van der Waals surface area (Å²) in [4.78, 5) is 2.39. The van der Waals surface area contributed by atoms with E-state index in [0.29, 0.717) is 6.54 Å². The number of nitrogens with two attached hydrogens (primary N) is 1. The van der Waals surface area contributed by atoms with Gasteiger partial charge in [0.25, 0.3) is 0 Å². The number of aryl methyl sites for hydroxylation is 1. The number of hydrogen-bond donors (Lipinski definition) is 1. The van der Waals surface area contributed by atoms with Crippen LogP contribution >= 0.6 is 0 Å². The Balaban J connectivity index is 1.86. The van der Waals surface area contributed by atoms with Gasteiger partial charge < -0.3 is 15.1 Å². The van der Waals surface area contributed by atoms with Crippen LogP contribution in [0.1, 0.15) is 23.3 Å². The fraction of sp³-hybridized carbons (Fsp3) is 0.333. The van der Waals surface area contributed by atoms with E-state index in [1.165, 1.54) is 24.1 Å². The summed E-state index contributed by atoms with van der Waals surface area (Å²) in [5.41, 5.74) is 9.60. The molecule has 0 aliphatic carbocycles. The van der Waals surface area contributed by atoms with E-state index in [9.17, 15) is 0 Å². The van der Waals surface area contributed by atoms with Crippen molar-refractivity contribution in [3.05, 3.63) is 53.5 Å². The van der Waals surface area contributed by atoms with Crippen LogP contribution in [-0.4, -0.2) is 6.54 Å². The SMILES string of the molecule is NCc1ccoc1CN1CCCc2ccccc21. The molecule has 3 heteroatoms. The number of hydrogen-bond acceptors (Lipinski definition) is 3. The summed E-state index contributed by atoms with van der Waals surface area (Å²) in [5, 5.41) is 0. The van der Waals surface area contributed by atoms with Gasteiger partial charge in [0.05, 0.1) is 12.8 Å². The van der Waals surface area contributed by atoms with E-state index in [1.807, 2.05) is 6.07 Å². The third kappa shape index (κ3) is 2.02. The van der Waals surface area contributed by atoms with Gasteiger partial charge in [-0.25, -0.2) is 0 Å². The maximum Gasteiger partial charge on any atom is 0.127 e. The van der Waals surface area contributed by atoms with Crippen LogP contribution in [0.4, 0.5) is 5.69 Å². The third-order valence-electron chi connectivity index (χ3n) is 3.60. The van der Waals surface area contributed by atoms with Gasteiger partial charge in [-0.15, -0.1) is 0 Å². The Hall–Kier alpha value is -1.74. The van der Waals surface area contributed by atoms with Crippen molar-refractivity contribution in [2.24, 2.45) is 5.73 Å². The zero-order valence-electron chi connectivity index (χ0n) is 10.4. The molecule has 0 fully saturated rings. The van der Waals surface area contributed by atoms with Crippen LogP contribution in [0.3, 0.4) is 0 Å². The molecule has 1 aromatic carbocycles. The molecule has 0 atom stereocenters. The molecular formula is C15H18N2O. The molecule has 94 valence electrons. The second kappa shape index (κ2) is 4.86. The molecular weight excluding hydrogens is 224 g/mol. The first-order valence-corrected chi connectivity index (χ1v) is 6.46. The predicted molar refractivity (Wildman–Crippen MR) is 72.4 cm³/mol. The highest BCUT2D eigenvalue weighted by Crippen LogP contribution is 2.28. The molecule has 2 aromatic rings. The van der Waals surface area contributed by atoms with Gasteiger partial charge in [0, 0.05) is 24.3 Å². The topological polar surface area (TPSA) is 42.4 Å². The minimum Gasteiger partial charge on any atom is -0.467 e. The van der Waals surface area contributed by atoms with Gasteiger partial charge in [0.1, 0.15) is 5.76 Å². The van der Waals surface area contributed by atoms with E-state index >= 15 is 0 Å². The quantitative estimate of drug-likeness (QED) is 0.899. The summed E-state index contributed by atoms with van der Waals surface area (Å²) in [5.74, 6) is 0.995. The number of anilines is 1. The summed E-state index contributed by atoms with van der Waals surface area (Å²) >= 11 is 0. The van der Waals surface area contributed by atoms with Gasteiger partial charge in [-0.1, -0.05) is 18.2 Å². The molecule has 0 radical (unpaired) electrons. The van der Waals surface area contributed by atoms with Crippen molar-refractivity contribution in [3.8, 4) is 0 Å². The van der Waals surface area contributed by atoms with Crippen LogP contribution in [0, 0.1) is 0 Å². The minimum absolute atomic E-state index is 0.543. The molecule has 2 heterocycles. The van der Waals surface area contributed by atoms with E-state index in [1.54, 1.807) is 6.26 Å². The number of para-hydroxylation sites is 1. The lowest BCUT2D eigenvalue weighted by Gasteiger charge is -2.30. The molecule has 0 saturated carbocycles. The van der Waals surface area contributed by atoms with Gasteiger partial charge in [-0.05, 0) is 30.5 Å². The van der Waals surface area contributed by atoms with E-state index in [4.69, 9.17) is 10.2 Å². The van der Waals surface area contributed by atoms with E-state index in [0.717, 1.165) is 24.4 Å². The summed E-state index contributed by atoms with van der Waals surface area (Å²) in [6.07, 6.45) is 4.11. The first-order valence-electron chi connectivity index (χ1n) is 6.46. The second-order valence-corrected chi connectivity index (χ2v) is 4.73. The van der Waals surface area contributed by atoms with Crippen molar-refractivity contribution in [2.75, 3.05) is 11.4 Å². The Labute approximate surface area is 107 Å². The normalized spacial score (nSPS) is 14.6. The predicted octanol–water partition coefficient (Wildman–Crippen LogP) is 2.69. The van der Waals surface area contributed by atoms with Crippen molar-refractivity contribution >= 4 is 5.69 Å². The lowest BCUT2D eigenvalue weighted by Crippen LogP contribution is -2.29. The minimum atomic E-state index is 0.543. The molecule has 0 saturated heterocycles. The highest BCUT2D eigenvalue weighted by molar-refractivity contribution is 5.55. The van der Waals surface area contributed by atoms with Gasteiger partial charge in [0.15, 0.2) is 0 Å². The number of benzene rings is 1. The van der Waals surface area contributed by atoms with Crippen LogP contribution in [0.2, 0.25) is 0 Å². The highest BCUT2D eigenvalue weighted by atomic mass is 16.3. The van der Waals surface area contributed by atoms with Gasteiger partial charge in [-0.2, -0.15) is 0 Å². The fourth-order valence-electron chi connectivity index (χ4n) is 2.64. The Morgan fingerprint density at radius 2 is 2.11 bits per heavy atom. The average Bonchev–Trinajstić information content (AvgIpc) is 2.86. The maximum atomic E-state index is 5.72. The molecule has 0 amide bonds. The lowest BCUT2D eigenvalue weighted by atomic mass is 10.0. The first kappa shape index (κ1) is 11.4. The van der Waals surface area contributed by atoms with Crippen molar-refractivity contribution in [1.29, 1.82) is 0 Å². The van der Waals surface area contributed by atoms with Crippen molar-refractivity contribution in [3.63, 3.8) is 0 Å². The Bertz CT molecular complexity index is 533. The number of rotatable bonds is 3. The number of nitrogens with zero attached hydrogens (tertiary/aromatic N) is 1. The Morgan fingerprint density at radius 1 is 1.22 bits per heavy atom. The molecule has 18 heavy (non-hydrogen) atoms. The van der Waals surface area contributed by atoms with Crippen LogP contribution < -0.4 is 10.6 Å². The molecule has 1 aromatic heterocycles. The van der Waals surface area contributed by atoms with Gasteiger partial charge in [-0.3, -0.25) is 0 Å². The summed E-state index contributed by atoms with van der Waals surface area (Å²) in [6, 6.07) is 10.6. The first-order chi connectivity index (χ1) is 8.88. The molecule has 3 nitrogen and oxygen atoms in total. The van der Waals surface area contributed by atoms with E-state index < -0.39 is 0 Å². The zero-order valence-corrected chi connectivity index (χ0v) is 10.4. The number of fused-ring (bicyclic) bond motifs is 1. The fourth-order valence-corrected chi connectivity index (χ4v) is 2.64. The maximum absolute atomic E-state index is 5.72. The largest absolute Gasteiger partial charge is 0.467 e. The smallest absolute Gasteiger partial charge is 0.127 e. The Kier molecular flexibility index (Phi) is 3.07. The van der Waals surface area contributed by atoms with Crippen molar-refractivity contribution in [2.45, 2.75) is 25.9 Å². The zero-order chi connectivity index (χ0) is 12.4. The van der Waals surface area contributed by atoms with Gasteiger partial charge in [0.2, 0.25) is 0 Å². The molecule has 0 spiro atoms. The van der Waals surface area contributed by atoms with Crippen LogP contribution in [0.15, 0.2) is 41.0 Å². The molecule has 2 N–H and O–H groups in total. The monoisotopic (exact) mass is 242 g/mol. The standard InChI is InChI=1S/C15H18N2O/c16-10-13-7-9-18-15(13)11-17-8-3-5-12-4-1-2-6-14(12)17/h1-2,4,6-7,9H,3,5,8,10-11,16H2. The Morgan fingerprint density at radius 3 is 3.00 bits per heavy atom. The molecule has 0 unspecified atom stereocenters.